The number of anilines is 1. The van der Waals surface area contributed by atoms with E-state index < -0.39 is 4.92 Å². The molecule has 0 saturated heterocycles. The molecule has 0 unspecified atom stereocenters. The minimum atomic E-state index is -0.488. The zero-order valence-corrected chi connectivity index (χ0v) is 8.49. The molecule has 0 aliphatic heterocycles. The SMILES string of the molecule is CNc1c([N+](=O)[O-])cnn1-c1ccccn1. The third-order valence-electron chi connectivity index (χ3n) is 2.05. The molecule has 16 heavy (non-hydrogen) atoms. The van der Waals surface area contributed by atoms with Crippen LogP contribution in [0.15, 0.2) is 30.6 Å². The van der Waals surface area contributed by atoms with Crippen molar-refractivity contribution in [2.45, 2.75) is 0 Å². The van der Waals surface area contributed by atoms with Gasteiger partial charge in [-0.15, -0.1) is 0 Å². The first-order valence-electron chi connectivity index (χ1n) is 4.55. The van der Waals surface area contributed by atoms with Crippen molar-refractivity contribution in [3.8, 4) is 5.82 Å². The van der Waals surface area contributed by atoms with Crippen molar-refractivity contribution in [1.82, 2.24) is 14.8 Å². The van der Waals surface area contributed by atoms with Gasteiger partial charge in [0.25, 0.3) is 0 Å². The second-order valence-electron chi connectivity index (χ2n) is 2.99. The van der Waals surface area contributed by atoms with Crippen molar-refractivity contribution in [1.29, 1.82) is 0 Å². The number of hydrogen-bond donors (Lipinski definition) is 1. The van der Waals surface area contributed by atoms with E-state index in [1.165, 1.54) is 10.9 Å². The summed E-state index contributed by atoms with van der Waals surface area (Å²) in [5.74, 6) is 0.837. The van der Waals surface area contributed by atoms with Gasteiger partial charge in [0.05, 0.1) is 4.92 Å². The summed E-state index contributed by atoms with van der Waals surface area (Å²) in [7, 11) is 1.60. The zero-order valence-electron chi connectivity index (χ0n) is 8.49. The molecule has 0 atom stereocenters. The van der Waals surface area contributed by atoms with E-state index in [2.05, 4.69) is 15.4 Å². The van der Waals surface area contributed by atoms with Gasteiger partial charge in [0.1, 0.15) is 6.20 Å². The Bertz CT molecular complexity index is 508. The molecular formula is C9H9N5O2. The van der Waals surface area contributed by atoms with Crippen LogP contribution in [0, 0.1) is 10.1 Å². The molecule has 1 N–H and O–H groups in total. The minimum Gasteiger partial charge on any atom is -0.367 e. The van der Waals surface area contributed by atoms with E-state index in [0.717, 1.165) is 0 Å². The Hall–Kier alpha value is -2.44. The fourth-order valence-electron chi connectivity index (χ4n) is 1.36. The number of aromatic nitrogens is 3. The van der Waals surface area contributed by atoms with Gasteiger partial charge in [-0.2, -0.15) is 9.78 Å². The number of nitrogens with zero attached hydrogens (tertiary/aromatic N) is 4. The average Bonchev–Trinajstić information content (AvgIpc) is 2.73. The number of pyridine rings is 1. The van der Waals surface area contributed by atoms with E-state index >= 15 is 0 Å². The van der Waals surface area contributed by atoms with Crippen LogP contribution in [0.25, 0.3) is 5.82 Å². The van der Waals surface area contributed by atoms with Gasteiger partial charge in [-0.25, -0.2) is 4.98 Å². The van der Waals surface area contributed by atoms with Crippen molar-refractivity contribution >= 4 is 11.5 Å². The largest absolute Gasteiger partial charge is 0.367 e. The Morgan fingerprint density at radius 1 is 1.50 bits per heavy atom. The second-order valence-corrected chi connectivity index (χ2v) is 2.99. The summed E-state index contributed by atoms with van der Waals surface area (Å²) in [5, 5.41) is 17.4. The lowest BCUT2D eigenvalue weighted by Gasteiger charge is -2.03. The summed E-state index contributed by atoms with van der Waals surface area (Å²) < 4.78 is 1.39. The summed E-state index contributed by atoms with van der Waals surface area (Å²) in [5.41, 5.74) is -0.0758. The molecule has 2 aromatic rings. The molecule has 0 radical (unpaired) electrons. The Morgan fingerprint density at radius 2 is 2.31 bits per heavy atom. The van der Waals surface area contributed by atoms with Gasteiger partial charge in [-0.05, 0) is 12.1 Å². The third-order valence-corrected chi connectivity index (χ3v) is 2.05. The molecule has 2 heterocycles. The standard InChI is InChI=1S/C9H9N5O2/c1-10-9-7(14(15)16)6-12-13(9)8-4-2-3-5-11-8/h2-6,10H,1H3. The summed E-state index contributed by atoms with van der Waals surface area (Å²) in [4.78, 5) is 14.3. The van der Waals surface area contributed by atoms with Crippen molar-refractivity contribution in [3.05, 3.63) is 40.7 Å². The summed E-state index contributed by atoms with van der Waals surface area (Å²) in [6.45, 7) is 0. The van der Waals surface area contributed by atoms with Crippen LogP contribution in [0.2, 0.25) is 0 Å². The van der Waals surface area contributed by atoms with Crippen LogP contribution in [-0.4, -0.2) is 26.7 Å². The highest BCUT2D eigenvalue weighted by Gasteiger charge is 2.20. The smallest absolute Gasteiger partial charge is 0.331 e. The molecule has 2 aromatic heterocycles. The highest BCUT2D eigenvalue weighted by atomic mass is 16.6. The highest BCUT2D eigenvalue weighted by molar-refractivity contribution is 5.57. The molecule has 0 spiro atoms. The third kappa shape index (κ3) is 1.58. The zero-order chi connectivity index (χ0) is 11.5. The molecule has 7 heteroatoms. The topological polar surface area (TPSA) is 85.9 Å². The average molecular weight is 219 g/mol. The van der Waals surface area contributed by atoms with Gasteiger partial charge in [-0.1, -0.05) is 6.07 Å². The first kappa shape index (κ1) is 10.1. The lowest BCUT2D eigenvalue weighted by molar-refractivity contribution is -0.384. The lowest BCUT2D eigenvalue weighted by Crippen LogP contribution is -2.05. The predicted octanol–water partition coefficient (Wildman–Crippen LogP) is 1.22. The van der Waals surface area contributed by atoms with Gasteiger partial charge < -0.3 is 5.32 Å². The van der Waals surface area contributed by atoms with Crippen LogP contribution in [0.3, 0.4) is 0 Å². The predicted molar refractivity (Wildman–Crippen MR) is 57.6 cm³/mol. The molecule has 0 amide bonds. The monoisotopic (exact) mass is 219 g/mol. The van der Waals surface area contributed by atoms with Crippen LogP contribution >= 0.6 is 0 Å². The van der Waals surface area contributed by atoms with E-state index in [4.69, 9.17) is 0 Å². The molecule has 0 aromatic carbocycles. The van der Waals surface area contributed by atoms with Gasteiger partial charge >= 0.3 is 5.69 Å². The van der Waals surface area contributed by atoms with E-state index in [-0.39, 0.29) is 5.69 Å². The van der Waals surface area contributed by atoms with Crippen molar-refractivity contribution in [3.63, 3.8) is 0 Å². The van der Waals surface area contributed by atoms with E-state index in [1.54, 1.807) is 31.4 Å². The summed E-state index contributed by atoms with van der Waals surface area (Å²) >= 11 is 0. The first-order chi connectivity index (χ1) is 7.74. The van der Waals surface area contributed by atoms with Crippen LogP contribution in [0.1, 0.15) is 0 Å². The second kappa shape index (κ2) is 3.97. The Balaban J connectivity index is 2.54. The van der Waals surface area contributed by atoms with Gasteiger partial charge in [-0.3, -0.25) is 10.1 Å². The summed E-state index contributed by atoms with van der Waals surface area (Å²) in [6.07, 6.45) is 2.79. The highest BCUT2D eigenvalue weighted by Crippen LogP contribution is 2.25. The first-order valence-corrected chi connectivity index (χ1v) is 4.55. The van der Waals surface area contributed by atoms with Gasteiger partial charge in [0.15, 0.2) is 5.82 Å². The van der Waals surface area contributed by atoms with Crippen LogP contribution in [-0.2, 0) is 0 Å². The molecule has 7 nitrogen and oxygen atoms in total. The maximum Gasteiger partial charge on any atom is 0.331 e. The van der Waals surface area contributed by atoms with Crippen molar-refractivity contribution < 1.29 is 4.92 Å². The Kier molecular flexibility index (Phi) is 2.50. The van der Waals surface area contributed by atoms with E-state index in [9.17, 15) is 10.1 Å². The quantitative estimate of drug-likeness (QED) is 0.619. The number of hydrogen-bond acceptors (Lipinski definition) is 5. The van der Waals surface area contributed by atoms with Crippen molar-refractivity contribution in [2.75, 3.05) is 12.4 Å². The normalized spacial score (nSPS) is 10.1. The van der Waals surface area contributed by atoms with Crippen molar-refractivity contribution in [2.24, 2.45) is 0 Å². The van der Waals surface area contributed by atoms with Crippen LogP contribution in [0.4, 0.5) is 11.5 Å². The van der Waals surface area contributed by atoms with Crippen LogP contribution < -0.4 is 5.32 Å². The Labute approximate surface area is 90.9 Å². The molecule has 82 valence electrons. The van der Waals surface area contributed by atoms with Gasteiger partial charge in [0, 0.05) is 13.2 Å². The molecule has 0 saturated carbocycles. The maximum atomic E-state index is 10.7. The molecule has 0 bridgehead atoms. The van der Waals surface area contributed by atoms with E-state index in [0.29, 0.717) is 11.6 Å². The molecule has 0 fully saturated rings. The summed E-state index contributed by atoms with van der Waals surface area (Å²) in [6, 6.07) is 5.27. The Morgan fingerprint density at radius 3 is 2.88 bits per heavy atom. The van der Waals surface area contributed by atoms with Gasteiger partial charge in [0.2, 0.25) is 5.82 Å². The molecule has 2 rings (SSSR count). The number of nitrogens with one attached hydrogen (secondary N) is 1. The van der Waals surface area contributed by atoms with Crippen LogP contribution in [0.5, 0.6) is 0 Å². The lowest BCUT2D eigenvalue weighted by atomic mass is 10.4. The number of rotatable bonds is 3. The number of nitro groups is 1. The molecular weight excluding hydrogens is 210 g/mol. The minimum absolute atomic E-state index is 0.0758. The maximum absolute atomic E-state index is 10.7. The molecule has 0 aliphatic rings. The fourth-order valence-corrected chi connectivity index (χ4v) is 1.36. The fraction of sp³-hybridized carbons (Fsp3) is 0.111. The molecule has 0 aliphatic carbocycles. The van der Waals surface area contributed by atoms with E-state index in [1.807, 2.05) is 0 Å².